The minimum absolute atomic E-state index is 0.124. The lowest BCUT2D eigenvalue weighted by molar-refractivity contribution is 0.102. The quantitative estimate of drug-likeness (QED) is 0.575. The molecule has 0 saturated heterocycles. The minimum atomic E-state index is -3.26. The number of carbonyl (C=O) groups excluding carboxylic acids is 1. The monoisotopic (exact) mass is 374 g/mol. The highest BCUT2D eigenvalue weighted by Gasteiger charge is 2.12. The van der Waals surface area contributed by atoms with E-state index in [0.29, 0.717) is 20.5 Å². The first kappa shape index (κ1) is 17.3. The van der Waals surface area contributed by atoms with Gasteiger partial charge in [0, 0.05) is 16.7 Å². The van der Waals surface area contributed by atoms with E-state index in [0.717, 1.165) is 6.26 Å². The van der Waals surface area contributed by atoms with Crippen molar-refractivity contribution in [1.82, 2.24) is 0 Å². The van der Waals surface area contributed by atoms with Crippen LogP contribution in [0.5, 0.6) is 0 Å². The summed E-state index contributed by atoms with van der Waals surface area (Å²) in [7, 11) is -3.26. The Bertz CT molecular complexity index is 780. The fraction of sp³-hybridized carbons (Fsp3) is 0.133. The lowest BCUT2D eigenvalue weighted by Crippen LogP contribution is -2.04. The molecule has 0 unspecified atom stereocenters. The number of Topliss-reactive ketones (excluding diaryl/α,β-unsaturated/α-hetero) is 1. The Hall–Kier alpha value is -1.01. The molecule has 7 heteroatoms. The standard InChI is InChI=1S/C15H12Cl2O3S2/c1-22(19,20)11-7-5-10(6-8-11)14(18)9-21-15-12(16)3-2-4-13(15)17/h2-8H,9H2,1H3. The number of carbonyl (C=O) groups is 1. The van der Waals surface area contributed by atoms with Crippen LogP contribution in [-0.2, 0) is 9.84 Å². The lowest BCUT2D eigenvalue weighted by Gasteiger charge is -2.06. The van der Waals surface area contributed by atoms with E-state index >= 15 is 0 Å². The summed E-state index contributed by atoms with van der Waals surface area (Å²) >= 11 is 13.3. The summed E-state index contributed by atoms with van der Waals surface area (Å²) in [5, 5.41) is 0.996. The maximum atomic E-state index is 12.1. The molecule has 22 heavy (non-hydrogen) atoms. The number of rotatable bonds is 5. The highest BCUT2D eigenvalue weighted by atomic mass is 35.5. The molecule has 0 aliphatic carbocycles. The maximum Gasteiger partial charge on any atom is 0.175 e. The van der Waals surface area contributed by atoms with Crippen LogP contribution >= 0.6 is 35.0 Å². The van der Waals surface area contributed by atoms with Gasteiger partial charge in [-0.3, -0.25) is 4.79 Å². The van der Waals surface area contributed by atoms with E-state index in [1.165, 1.54) is 36.0 Å². The summed E-state index contributed by atoms with van der Waals surface area (Å²) in [6.07, 6.45) is 1.12. The molecule has 2 aromatic carbocycles. The average molecular weight is 375 g/mol. The topological polar surface area (TPSA) is 51.2 Å². The van der Waals surface area contributed by atoms with E-state index in [1.54, 1.807) is 18.2 Å². The zero-order chi connectivity index (χ0) is 16.3. The van der Waals surface area contributed by atoms with Gasteiger partial charge in [0.2, 0.25) is 0 Å². The summed E-state index contributed by atoms with van der Waals surface area (Å²) in [4.78, 5) is 13.0. The number of ketones is 1. The molecule has 116 valence electrons. The molecule has 0 amide bonds. The number of halogens is 2. The predicted octanol–water partition coefficient (Wildman–Crippen LogP) is 4.37. The summed E-state index contributed by atoms with van der Waals surface area (Å²) in [5.74, 6) is 0.0443. The van der Waals surface area contributed by atoms with Gasteiger partial charge in [-0.1, -0.05) is 41.4 Å². The van der Waals surface area contributed by atoms with Crippen LogP contribution in [0.2, 0.25) is 10.0 Å². The van der Waals surface area contributed by atoms with Gasteiger partial charge in [-0.15, -0.1) is 11.8 Å². The van der Waals surface area contributed by atoms with E-state index in [1.807, 2.05) is 0 Å². The molecule has 0 atom stereocenters. The second-order valence-corrected chi connectivity index (χ2v) is 8.37. The number of benzene rings is 2. The Balaban J connectivity index is 2.10. The smallest absolute Gasteiger partial charge is 0.175 e. The van der Waals surface area contributed by atoms with Crippen LogP contribution in [0.4, 0.5) is 0 Å². The van der Waals surface area contributed by atoms with Crippen LogP contribution in [-0.4, -0.2) is 26.2 Å². The first-order chi connectivity index (χ1) is 10.3. The van der Waals surface area contributed by atoms with Crippen molar-refractivity contribution in [3.05, 3.63) is 58.1 Å². The van der Waals surface area contributed by atoms with Crippen molar-refractivity contribution in [2.24, 2.45) is 0 Å². The highest BCUT2D eigenvalue weighted by Crippen LogP contribution is 2.34. The Labute approximate surface area is 143 Å². The molecule has 0 saturated carbocycles. The second kappa shape index (κ2) is 7.04. The largest absolute Gasteiger partial charge is 0.293 e. The van der Waals surface area contributed by atoms with Crippen LogP contribution in [0.1, 0.15) is 10.4 Å². The van der Waals surface area contributed by atoms with Gasteiger partial charge < -0.3 is 0 Å². The molecule has 2 aromatic rings. The van der Waals surface area contributed by atoms with E-state index < -0.39 is 9.84 Å². The minimum Gasteiger partial charge on any atom is -0.293 e. The van der Waals surface area contributed by atoms with Crippen LogP contribution < -0.4 is 0 Å². The zero-order valence-corrected chi connectivity index (χ0v) is 14.7. The molecule has 0 aliphatic rings. The van der Waals surface area contributed by atoms with Crippen molar-refractivity contribution < 1.29 is 13.2 Å². The lowest BCUT2D eigenvalue weighted by atomic mass is 10.1. The Morgan fingerprint density at radius 2 is 1.59 bits per heavy atom. The zero-order valence-electron chi connectivity index (χ0n) is 11.5. The van der Waals surface area contributed by atoms with Gasteiger partial charge in [-0.05, 0) is 24.3 Å². The summed E-state index contributed by atoms with van der Waals surface area (Å²) in [5.41, 5.74) is 0.447. The van der Waals surface area contributed by atoms with E-state index in [4.69, 9.17) is 23.2 Å². The van der Waals surface area contributed by atoms with Crippen molar-refractivity contribution in [2.45, 2.75) is 9.79 Å². The number of hydrogen-bond donors (Lipinski definition) is 0. The molecule has 0 aromatic heterocycles. The average Bonchev–Trinajstić information content (AvgIpc) is 2.46. The normalized spacial score (nSPS) is 11.4. The van der Waals surface area contributed by atoms with Crippen molar-refractivity contribution in [1.29, 1.82) is 0 Å². The number of sulfone groups is 1. The van der Waals surface area contributed by atoms with Crippen molar-refractivity contribution in [3.8, 4) is 0 Å². The number of thioether (sulfide) groups is 1. The molecule has 0 bridgehead atoms. The van der Waals surface area contributed by atoms with E-state index in [9.17, 15) is 13.2 Å². The van der Waals surface area contributed by atoms with Crippen molar-refractivity contribution in [2.75, 3.05) is 12.0 Å². The van der Waals surface area contributed by atoms with Crippen LogP contribution in [0, 0.1) is 0 Å². The third kappa shape index (κ3) is 4.26. The molecular formula is C15H12Cl2O3S2. The Morgan fingerprint density at radius 1 is 1.05 bits per heavy atom. The SMILES string of the molecule is CS(=O)(=O)c1ccc(C(=O)CSc2c(Cl)cccc2Cl)cc1. The molecular weight excluding hydrogens is 363 g/mol. The van der Waals surface area contributed by atoms with Gasteiger partial charge in [0.25, 0.3) is 0 Å². The summed E-state index contributed by atoms with van der Waals surface area (Å²) < 4.78 is 22.8. The molecule has 0 aliphatic heterocycles. The molecule has 2 rings (SSSR count). The van der Waals surface area contributed by atoms with Crippen molar-refractivity contribution in [3.63, 3.8) is 0 Å². The Morgan fingerprint density at radius 3 is 2.09 bits per heavy atom. The number of hydrogen-bond acceptors (Lipinski definition) is 4. The molecule has 0 heterocycles. The maximum absolute atomic E-state index is 12.1. The first-order valence-corrected chi connectivity index (χ1v) is 9.82. The van der Waals surface area contributed by atoms with Gasteiger partial charge in [0.05, 0.1) is 20.7 Å². The van der Waals surface area contributed by atoms with Gasteiger partial charge in [0.15, 0.2) is 15.6 Å². The molecule has 0 fully saturated rings. The third-order valence-electron chi connectivity index (χ3n) is 2.87. The fourth-order valence-electron chi connectivity index (χ4n) is 1.73. The van der Waals surface area contributed by atoms with Gasteiger partial charge in [-0.25, -0.2) is 8.42 Å². The molecule has 0 radical (unpaired) electrons. The first-order valence-electron chi connectivity index (χ1n) is 6.19. The van der Waals surface area contributed by atoms with Gasteiger partial charge >= 0.3 is 0 Å². The third-order valence-corrected chi connectivity index (χ3v) is 5.99. The summed E-state index contributed by atoms with van der Waals surface area (Å²) in [6.45, 7) is 0. The van der Waals surface area contributed by atoms with Crippen LogP contribution in [0.25, 0.3) is 0 Å². The second-order valence-electron chi connectivity index (χ2n) is 4.56. The predicted molar refractivity (Wildman–Crippen MR) is 91.1 cm³/mol. The van der Waals surface area contributed by atoms with Crippen molar-refractivity contribution >= 4 is 50.6 Å². The Kier molecular flexibility index (Phi) is 5.55. The van der Waals surface area contributed by atoms with Gasteiger partial charge in [0.1, 0.15) is 0 Å². The van der Waals surface area contributed by atoms with Crippen LogP contribution in [0.15, 0.2) is 52.3 Å². The summed E-state index contributed by atoms with van der Waals surface area (Å²) in [6, 6.07) is 11.0. The fourth-order valence-corrected chi connectivity index (χ4v) is 3.94. The van der Waals surface area contributed by atoms with E-state index in [2.05, 4.69) is 0 Å². The molecule has 0 N–H and O–H groups in total. The van der Waals surface area contributed by atoms with E-state index in [-0.39, 0.29) is 16.4 Å². The molecule has 0 spiro atoms. The van der Waals surface area contributed by atoms with Crippen LogP contribution in [0.3, 0.4) is 0 Å². The highest BCUT2D eigenvalue weighted by molar-refractivity contribution is 8.00. The molecule has 3 nitrogen and oxygen atoms in total. The van der Waals surface area contributed by atoms with Gasteiger partial charge in [-0.2, -0.15) is 0 Å².